The number of carbonyl (C=O) groups excluding carboxylic acids is 1. The van der Waals surface area contributed by atoms with E-state index in [2.05, 4.69) is 10.3 Å². The van der Waals surface area contributed by atoms with Crippen LogP contribution in [0.5, 0.6) is 0 Å². The molecule has 1 aromatic carbocycles. The number of rotatable bonds is 3. The molecule has 1 heterocycles. The number of oxazole rings is 1. The van der Waals surface area contributed by atoms with Crippen LogP contribution in [0.15, 0.2) is 22.6 Å². The number of nitrogens with one attached hydrogen (secondary N) is 1. The van der Waals surface area contributed by atoms with E-state index < -0.39 is 0 Å². The third-order valence-corrected chi connectivity index (χ3v) is 2.58. The first-order valence-corrected chi connectivity index (χ1v) is 6.18. The highest BCUT2D eigenvalue weighted by Gasteiger charge is 2.12. The third kappa shape index (κ3) is 2.53. The lowest BCUT2D eigenvalue weighted by Crippen LogP contribution is -2.29. The minimum absolute atomic E-state index is 0.0885. The van der Waals surface area contributed by atoms with Crippen LogP contribution in [0.3, 0.4) is 0 Å². The van der Waals surface area contributed by atoms with Gasteiger partial charge < -0.3 is 9.73 Å². The van der Waals surface area contributed by atoms with Crippen molar-refractivity contribution in [2.45, 2.75) is 39.7 Å². The molecule has 0 bridgehead atoms. The predicted molar refractivity (Wildman–Crippen MR) is 70.7 cm³/mol. The molecule has 0 fully saturated rings. The number of hydrogen-bond acceptors (Lipinski definition) is 3. The van der Waals surface area contributed by atoms with E-state index in [1.54, 1.807) is 12.1 Å². The first-order valence-electron chi connectivity index (χ1n) is 6.18. The van der Waals surface area contributed by atoms with Gasteiger partial charge in [-0.15, -0.1) is 0 Å². The number of benzene rings is 1. The molecule has 0 radical (unpaired) electrons. The summed E-state index contributed by atoms with van der Waals surface area (Å²) in [6, 6.07) is 5.45. The van der Waals surface area contributed by atoms with Gasteiger partial charge in [-0.2, -0.15) is 0 Å². The summed E-state index contributed by atoms with van der Waals surface area (Å²) in [6.07, 6.45) is 0. The lowest BCUT2D eigenvalue weighted by Gasteiger charge is -2.07. The Labute approximate surface area is 106 Å². The van der Waals surface area contributed by atoms with E-state index in [1.807, 2.05) is 33.8 Å². The molecule has 0 atom stereocenters. The van der Waals surface area contributed by atoms with Crippen molar-refractivity contribution in [3.05, 3.63) is 29.7 Å². The molecule has 0 aliphatic heterocycles. The Kier molecular flexibility index (Phi) is 3.36. The fourth-order valence-electron chi connectivity index (χ4n) is 1.68. The topological polar surface area (TPSA) is 55.1 Å². The highest BCUT2D eigenvalue weighted by Crippen LogP contribution is 2.22. The Morgan fingerprint density at radius 2 is 2.00 bits per heavy atom. The van der Waals surface area contributed by atoms with Gasteiger partial charge in [0, 0.05) is 17.5 Å². The van der Waals surface area contributed by atoms with Crippen molar-refractivity contribution in [2.75, 3.05) is 0 Å². The summed E-state index contributed by atoms with van der Waals surface area (Å²) in [5.74, 6) is 0.853. The first-order chi connectivity index (χ1) is 8.47. The Bertz CT molecular complexity index is 570. The molecule has 0 unspecified atom stereocenters. The van der Waals surface area contributed by atoms with Crippen molar-refractivity contribution < 1.29 is 9.21 Å². The maximum atomic E-state index is 11.9. The molecular weight excluding hydrogens is 228 g/mol. The zero-order valence-electron chi connectivity index (χ0n) is 11.2. The summed E-state index contributed by atoms with van der Waals surface area (Å²) in [7, 11) is 0. The smallest absolute Gasteiger partial charge is 0.251 e. The van der Waals surface area contributed by atoms with Crippen LogP contribution in [0, 0.1) is 0 Å². The van der Waals surface area contributed by atoms with Gasteiger partial charge in [0.05, 0.1) is 0 Å². The average molecular weight is 246 g/mol. The second-order valence-electron chi connectivity index (χ2n) is 5.02. The van der Waals surface area contributed by atoms with Crippen molar-refractivity contribution in [3.63, 3.8) is 0 Å². The van der Waals surface area contributed by atoms with Crippen LogP contribution in [0.4, 0.5) is 0 Å². The zero-order chi connectivity index (χ0) is 13.3. The Morgan fingerprint density at radius 1 is 1.28 bits per heavy atom. The highest BCUT2D eigenvalue weighted by atomic mass is 16.3. The number of nitrogens with zero attached hydrogens (tertiary/aromatic N) is 1. The quantitative estimate of drug-likeness (QED) is 0.905. The molecule has 4 heteroatoms. The molecule has 96 valence electrons. The number of carbonyl (C=O) groups is 1. The van der Waals surface area contributed by atoms with Gasteiger partial charge in [0.1, 0.15) is 5.52 Å². The largest absolute Gasteiger partial charge is 0.440 e. The summed E-state index contributed by atoms with van der Waals surface area (Å²) in [5, 5.41) is 2.85. The number of hydrogen-bond donors (Lipinski definition) is 1. The van der Waals surface area contributed by atoms with E-state index >= 15 is 0 Å². The van der Waals surface area contributed by atoms with Crippen LogP contribution >= 0.6 is 0 Å². The lowest BCUT2D eigenvalue weighted by molar-refractivity contribution is 0.0943. The molecule has 2 rings (SSSR count). The normalized spacial score (nSPS) is 11.4. The second-order valence-corrected chi connectivity index (χ2v) is 5.02. The van der Waals surface area contributed by atoms with Crippen molar-refractivity contribution in [1.82, 2.24) is 10.3 Å². The summed E-state index contributed by atoms with van der Waals surface area (Å²) < 4.78 is 5.63. The zero-order valence-corrected chi connectivity index (χ0v) is 11.2. The first kappa shape index (κ1) is 12.6. The van der Waals surface area contributed by atoms with Crippen LogP contribution in [-0.2, 0) is 0 Å². The van der Waals surface area contributed by atoms with Crippen molar-refractivity contribution in [3.8, 4) is 0 Å². The minimum atomic E-state index is -0.0885. The predicted octanol–water partition coefficient (Wildman–Crippen LogP) is 3.09. The Morgan fingerprint density at radius 3 is 2.61 bits per heavy atom. The van der Waals surface area contributed by atoms with Gasteiger partial charge in [0.2, 0.25) is 0 Å². The molecule has 1 aromatic heterocycles. The lowest BCUT2D eigenvalue weighted by atomic mass is 10.2. The summed E-state index contributed by atoms with van der Waals surface area (Å²) in [5.41, 5.74) is 2.05. The van der Waals surface area contributed by atoms with E-state index in [-0.39, 0.29) is 17.9 Å². The van der Waals surface area contributed by atoms with Gasteiger partial charge in [-0.25, -0.2) is 4.98 Å². The third-order valence-electron chi connectivity index (χ3n) is 2.58. The monoisotopic (exact) mass is 246 g/mol. The van der Waals surface area contributed by atoms with Gasteiger partial charge in [-0.3, -0.25) is 4.79 Å². The van der Waals surface area contributed by atoms with Crippen LogP contribution in [0.2, 0.25) is 0 Å². The maximum Gasteiger partial charge on any atom is 0.251 e. The Balaban J connectivity index is 2.35. The summed E-state index contributed by atoms with van der Waals surface area (Å²) >= 11 is 0. The van der Waals surface area contributed by atoms with Gasteiger partial charge in [-0.1, -0.05) is 13.8 Å². The van der Waals surface area contributed by atoms with Crippen molar-refractivity contribution in [2.24, 2.45) is 0 Å². The SMILES string of the molecule is CC(C)NC(=O)c1ccc2nc(C(C)C)oc2c1. The molecule has 0 saturated heterocycles. The van der Waals surface area contributed by atoms with Crippen LogP contribution in [0.25, 0.3) is 11.1 Å². The van der Waals surface area contributed by atoms with E-state index in [1.165, 1.54) is 0 Å². The number of amides is 1. The number of fused-ring (bicyclic) bond motifs is 1. The van der Waals surface area contributed by atoms with E-state index in [0.717, 1.165) is 5.52 Å². The van der Waals surface area contributed by atoms with Crippen molar-refractivity contribution in [1.29, 1.82) is 0 Å². The van der Waals surface area contributed by atoms with E-state index in [4.69, 9.17) is 4.42 Å². The van der Waals surface area contributed by atoms with Crippen molar-refractivity contribution >= 4 is 17.0 Å². The van der Waals surface area contributed by atoms with E-state index in [0.29, 0.717) is 17.0 Å². The standard InChI is InChI=1S/C14H18N2O2/c1-8(2)14-16-11-6-5-10(7-12(11)18-14)13(17)15-9(3)4/h5-9H,1-4H3,(H,15,17). The second kappa shape index (κ2) is 4.80. The molecule has 0 spiro atoms. The van der Waals surface area contributed by atoms with Gasteiger partial charge in [0.25, 0.3) is 5.91 Å². The molecule has 0 aliphatic rings. The van der Waals surface area contributed by atoms with E-state index in [9.17, 15) is 4.79 Å². The number of aromatic nitrogens is 1. The van der Waals surface area contributed by atoms with Crippen LogP contribution in [0.1, 0.15) is 49.9 Å². The molecule has 0 aliphatic carbocycles. The van der Waals surface area contributed by atoms with Gasteiger partial charge >= 0.3 is 0 Å². The average Bonchev–Trinajstić information content (AvgIpc) is 2.70. The Hall–Kier alpha value is -1.84. The fraction of sp³-hybridized carbons (Fsp3) is 0.429. The molecular formula is C14H18N2O2. The molecule has 18 heavy (non-hydrogen) atoms. The molecule has 4 nitrogen and oxygen atoms in total. The molecule has 1 amide bonds. The fourth-order valence-corrected chi connectivity index (χ4v) is 1.68. The van der Waals surface area contributed by atoms with Gasteiger partial charge in [0.15, 0.2) is 11.5 Å². The molecule has 0 saturated carbocycles. The maximum absolute atomic E-state index is 11.9. The molecule has 1 N–H and O–H groups in total. The summed E-state index contributed by atoms with van der Waals surface area (Å²) in [4.78, 5) is 16.2. The highest BCUT2D eigenvalue weighted by molar-refractivity contribution is 5.97. The van der Waals surface area contributed by atoms with Crippen LogP contribution < -0.4 is 5.32 Å². The van der Waals surface area contributed by atoms with Crippen LogP contribution in [-0.4, -0.2) is 16.9 Å². The summed E-state index contributed by atoms with van der Waals surface area (Å²) in [6.45, 7) is 7.91. The minimum Gasteiger partial charge on any atom is -0.440 e. The van der Waals surface area contributed by atoms with Gasteiger partial charge in [-0.05, 0) is 32.0 Å². The molecule has 2 aromatic rings.